The lowest BCUT2D eigenvalue weighted by molar-refractivity contribution is 0.780. The number of aryl methyl sites for hydroxylation is 5. The summed E-state index contributed by atoms with van der Waals surface area (Å²) in [5.74, 6) is 0.448. The third-order valence-corrected chi connectivity index (χ3v) is 5.83. The lowest BCUT2D eigenvalue weighted by Crippen LogP contribution is -2.16. The van der Waals surface area contributed by atoms with Crippen molar-refractivity contribution >= 4 is 0 Å². The summed E-state index contributed by atoms with van der Waals surface area (Å²) in [4.78, 5) is 0. The molecule has 4 rings (SSSR count). The van der Waals surface area contributed by atoms with Crippen LogP contribution in [0.5, 0.6) is 0 Å². The van der Waals surface area contributed by atoms with E-state index in [2.05, 4.69) is 83.1 Å². The molecule has 0 aromatic heterocycles. The van der Waals surface area contributed by atoms with E-state index in [1.54, 1.807) is 0 Å². The molecule has 1 aliphatic rings. The van der Waals surface area contributed by atoms with Crippen LogP contribution >= 0.6 is 0 Å². The van der Waals surface area contributed by atoms with E-state index in [-0.39, 0.29) is 0 Å². The van der Waals surface area contributed by atoms with Crippen LogP contribution in [0, 0.1) is 34.6 Å². The van der Waals surface area contributed by atoms with Crippen molar-refractivity contribution in [3.8, 4) is 11.1 Å². The molecule has 0 amide bonds. The first kappa shape index (κ1) is 16.1. The predicted octanol–water partition coefficient (Wildman–Crippen LogP) is 6.58. The summed E-state index contributed by atoms with van der Waals surface area (Å²) in [5.41, 5.74) is 14.3. The highest BCUT2D eigenvalue weighted by molar-refractivity contribution is 5.79. The first-order valence-electron chi connectivity index (χ1n) is 9.23. The van der Waals surface area contributed by atoms with Crippen LogP contribution in [0.4, 0.5) is 0 Å². The molecule has 1 unspecified atom stereocenters. The van der Waals surface area contributed by atoms with Gasteiger partial charge >= 0.3 is 0 Å². The quantitative estimate of drug-likeness (QED) is 0.473. The van der Waals surface area contributed by atoms with Crippen LogP contribution in [-0.4, -0.2) is 0 Å². The molecular weight excluding hydrogens is 300 g/mol. The molecule has 1 aliphatic carbocycles. The van der Waals surface area contributed by atoms with Crippen LogP contribution in [-0.2, 0) is 6.42 Å². The van der Waals surface area contributed by atoms with E-state index in [9.17, 15) is 0 Å². The van der Waals surface area contributed by atoms with E-state index in [0.29, 0.717) is 5.92 Å². The molecule has 0 fully saturated rings. The summed E-state index contributed by atoms with van der Waals surface area (Å²) in [7, 11) is 0. The highest BCUT2D eigenvalue weighted by atomic mass is 14.3. The fraction of sp³-hybridized carbons (Fsp3) is 0.280. The highest BCUT2D eigenvalue weighted by Gasteiger charge is 2.28. The van der Waals surface area contributed by atoms with Gasteiger partial charge in [0.05, 0.1) is 0 Å². The van der Waals surface area contributed by atoms with Gasteiger partial charge in [-0.1, -0.05) is 59.7 Å². The van der Waals surface area contributed by atoms with Gasteiger partial charge in [0.2, 0.25) is 0 Å². The molecule has 0 nitrogen and oxygen atoms in total. The second-order valence-corrected chi connectivity index (χ2v) is 7.76. The molecule has 0 saturated carbocycles. The normalized spacial score (nSPS) is 15.6. The van der Waals surface area contributed by atoms with Gasteiger partial charge in [-0.3, -0.25) is 0 Å². The molecule has 3 aromatic carbocycles. The van der Waals surface area contributed by atoms with Crippen molar-refractivity contribution in [2.45, 2.75) is 47.0 Å². The van der Waals surface area contributed by atoms with Crippen molar-refractivity contribution in [2.75, 3.05) is 0 Å². The van der Waals surface area contributed by atoms with E-state index in [1.165, 1.54) is 55.6 Å². The smallest absolute Gasteiger partial charge is 0.0139 e. The van der Waals surface area contributed by atoms with Crippen molar-refractivity contribution in [1.82, 2.24) is 0 Å². The Labute approximate surface area is 151 Å². The Balaban J connectivity index is 2.02. The predicted molar refractivity (Wildman–Crippen MR) is 108 cm³/mol. The summed E-state index contributed by atoms with van der Waals surface area (Å²) in [5, 5.41) is 0. The van der Waals surface area contributed by atoms with Crippen molar-refractivity contribution < 1.29 is 0 Å². The minimum absolute atomic E-state index is 0.448. The third kappa shape index (κ3) is 2.61. The van der Waals surface area contributed by atoms with Crippen molar-refractivity contribution in [2.24, 2.45) is 0 Å². The molecule has 0 radical (unpaired) electrons. The van der Waals surface area contributed by atoms with Crippen LogP contribution in [0.25, 0.3) is 11.1 Å². The number of hydrogen-bond donors (Lipinski definition) is 0. The highest BCUT2D eigenvalue weighted by Crippen LogP contribution is 2.46. The minimum Gasteiger partial charge on any atom is -0.0590 e. The zero-order valence-corrected chi connectivity index (χ0v) is 15.9. The average Bonchev–Trinajstić information content (AvgIpc) is 2.59. The Bertz CT molecular complexity index is 976. The topological polar surface area (TPSA) is 0 Å². The van der Waals surface area contributed by atoms with E-state index >= 15 is 0 Å². The zero-order valence-electron chi connectivity index (χ0n) is 15.9. The second kappa shape index (κ2) is 5.88. The molecule has 0 heterocycles. The summed E-state index contributed by atoms with van der Waals surface area (Å²) in [6, 6.07) is 18.5. The molecule has 0 aliphatic heterocycles. The third-order valence-electron chi connectivity index (χ3n) is 5.83. The largest absolute Gasteiger partial charge is 0.0590 e. The van der Waals surface area contributed by atoms with Gasteiger partial charge in [0, 0.05) is 5.92 Å². The molecule has 0 spiro atoms. The fourth-order valence-electron chi connectivity index (χ4n) is 4.42. The Morgan fingerprint density at radius 1 is 0.640 bits per heavy atom. The maximum Gasteiger partial charge on any atom is 0.0139 e. The van der Waals surface area contributed by atoms with Gasteiger partial charge in [-0.2, -0.15) is 0 Å². The summed E-state index contributed by atoms with van der Waals surface area (Å²) in [6.07, 6.45) is 1.10. The number of rotatable bonds is 1. The number of hydrogen-bond acceptors (Lipinski definition) is 0. The molecular formula is C25H26. The zero-order chi connectivity index (χ0) is 17.7. The molecule has 126 valence electrons. The van der Waals surface area contributed by atoms with E-state index < -0.39 is 0 Å². The van der Waals surface area contributed by atoms with Crippen molar-refractivity contribution in [3.05, 3.63) is 93.0 Å². The molecule has 0 saturated heterocycles. The lowest BCUT2D eigenvalue weighted by Gasteiger charge is -2.32. The van der Waals surface area contributed by atoms with Crippen LogP contribution in [0.2, 0.25) is 0 Å². The van der Waals surface area contributed by atoms with E-state index in [0.717, 1.165) is 6.42 Å². The van der Waals surface area contributed by atoms with Crippen LogP contribution < -0.4 is 0 Å². The molecule has 1 atom stereocenters. The molecule has 0 N–H and O–H groups in total. The maximum atomic E-state index is 2.39. The van der Waals surface area contributed by atoms with Gasteiger partial charge < -0.3 is 0 Å². The average molecular weight is 326 g/mol. The van der Waals surface area contributed by atoms with Crippen LogP contribution in [0.15, 0.2) is 48.5 Å². The first-order valence-corrected chi connectivity index (χ1v) is 9.23. The second-order valence-electron chi connectivity index (χ2n) is 7.76. The lowest BCUT2D eigenvalue weighted by atomic mass is 9.72. The Morgan fingerprint density at radius 3 is 2.08 bits per heavy atom. The SMILES string of the molecule is Cc1ccc2c(c1)-c1c(C)ccc(C)c1CC2c1cc(C)ccc1C. The van der Waals surface area contributed by atoms with Crippen LogP contribution in [0.3, 0.4) is 0 Å². The van der Waals surface area contributed by atoms with Crippen molar-refractivity contribution in [1.29, 1.82) is 0 Å². The Hall–Kier alpha value is -2.34. The molecule has 3 aromatic rings. The Kier molecular flexibility index (Phi) is 3.80. The van der Waals surface area contributed by atoms with Gasteiger partial charge in [-0.15, -0.1) is 0 Å². The van der Waals surface area contributed by atoms with Crippen molar-refractivity contribution in [3.63, 3.8) is 0 Å². The minimum atomic E-state index is 0.448. The van der Waals surface area contributed by atoms with Gasteiger partial charge in [-0.05, 0) is 85.5 Å². The number of fused-ring (bicyclic) bond motifs is 3. The number of benzene rings is 3. The molecule has 0 heteroatoms. The summed E-state index contributed by atoms with van der Waals surface area (Å²) >= 11 is 0. The standard InChI is InChI=1S/C25H26/c1-15-6-8-17(3)21(12-15)23-14-22-18(4)9-10-19(5)25(22)24-13-16(2)7-11-20(23)24/h6-13,23H,14H2,1-5H3. The van der Waals surface area contributed by atoms with Gasteiger partial charge in [0.1, 0.15) is 0 Å². The monoisotopic (exact) mass is 326 g/mol. The van der Waals surface area contributed by atoms with Gasteiger partial charge in [-0.25, -0.2) is 0 Å². The maximum absolute atomic E-state index is 2.39. The Morgan fingerprint density at radius 2 is 1.28 bits per heavy atom. The summed E-state index contributed by atoms with van der Waals surface area (Å²) < 4.78 is 0. The van der Waals surface area contributed by atoms with E-state index in [4.69, 9.17) is 0 Å². The van der Waals surface area contributed by atoms with Gasteiger partial charge in [0.25, 0.3) is 0 Å². The summed E-state index contributed by atoms with van der Waals surface area (Å²) in [6.45, 7) is 11.2. The molecule has 25 heavy (non-hydrogen) atoms. The fourth-order valence-corrected chi connectivity index (χ4v) is 4.42. The van der Waals surface area contributed by atoms with Crippen LogP contribution in [0.1, 0.15) is 50.4 Å². The molecule has 0 bridgehead atoms. The van der Waals surface area contributed by atoms with E-state index in [1.807, 2.05) is 0 Å². The first-order chi connectivity index (χ1) is 12.0. The van der Waals surface area contributed by atoms with Gasteiger partial charge in [0.15, 0.2) is 0 Å².